The average Bonchev–Trinajstić information content (AvgIpc) is 2.87. The number of nitrogens with zero attached hydrogens (tertiary/aromatic N) is 4. The standard InChI is InChI=1S/C17H16N4O2S/c1-17(2)10-21(16-13(17)9-18-11-20-16)24(22,23)14-7-3-5-12-6-4-8-19-15(12)14/h3-9,11H,10H2,1-2H3. The molecule has 4 rings (SSSR count). The van der Waals surface area contributed by atoms with E-state index in [1.54, 1.807) is 30.6 Å². The van der Waals surface area contributed by atoms with E-state index in [2.05, 4.69) is 15.0 Å². The van der Waals surface area contributed by atoms with E-state index < -0.39 is 10.0 Å². The monoisotopic (exact) mass is 340 g/mol. The van der Waals surface area contributed by atoms with Crippen LogP contribution < -0.4 is 4.31 Å². The van der Waals surface area contributed by atoms with E-state index in [0.717, 1.165) is 10.9 Å². The van der Waals surface area contributed by atoms with Crippen molar-refractivity contribution < 1.29 is 8.42 Å². The lowest BCUT2D eigenvalue weighted by atomic mass is 9.89. The van der Waals surface area contributed by atoms with Crippen molar-refractivity contribution in [1.82, 2.24) is 15.0 Å². The number of hydrogen-bond donors (Lipinski definition) is 0. The maximum atomic E-state index is 13.3. The molecule has 1 aromatic carbocycles. The van der Waals surface area contributed by atoms with Crippen molar-refractivity contribution in [1.29, 1.82) is 0 Å². The Bertz CT molecular complexity index is 1040. The third kappa shape index (κ3) is 2.08. The lowest BCUT2D eigenvalue weighted by molar-refractivity contribution is 0.554. The molecule has 2 aromatic heterocycles. The number of pyridine rings is 1. The molecule has 7 heteroatoms. The number of hydrogen-bond acceptors (Lipinski definition) is 5. The molecule has 0 radical (unpaired) electrons. The zero-order valence-electron chi connectivity index (χ0n) is 13.3. The van der Waals surface area contributed by atoms with Crippen LogP contribution in [0, 0.1) is 0 Å². The minimum atomic E-state index is -3.77. The van der Waals surface area contributed by atoms with E-state index in [1.807, 2.05) is 26.0 Å². The summed E-state index contributed by atoms with van der Waals surface area (Å²) >= 11 is 0. The number of fused-ring (bicyclic) bond motifs is 2. The fourth-order valence-corrected chi connectivity index (χ4v) is 4.89. The molecule has 0 aliphatic carbocycles. The fraction of sp³-hybridized carbons (Fsp3) is 0.235. The average molecular weight is 340 g/mol. The van der Waals surface area contributed by atoms with Crippen LogP contribution >= 0.6 is 0 Å². The van der Waals surface area contributed by atoms with Crippen LogP contribution in [0.3, 0.4) is 0 Å². The molecule has 6 nitrogen and oxygen atoms in total. The van der Waals surface area contributed by atoms with Gasteiger partial charge in [-0.2, -0.15) is 0 Å². The Morgan fingerprint density at radius 2 is 1.92 bits per heavy atom. The van der Waals surface area contributed by atoms with E-state index in [9.17, 15) is 8.42 Å². The van der Waals surface area contributed by atoms with E-state index in [1.165, 1.54) is 10.6 Å². The highest BCUT2D eigenvalue weighted by Gasteiger charge is 2.43. The number of rotatable bonds is 2. The summed E-state index contributed by atoms with van der Waals surface area (Å²) in [5.41, 5.74) is 0.962. The van der Waals surface area contributed by atoms with Gasteiger partial charge in [0.15, 0.2) is 0 Å². The van der Waals surface area contributed by atoms with Crippen molar-refractivity contribution in [3.8, 4) is 0 Å². The van der Waals surface area contributed by atoms with Crippen LogP contribution in [0.5, 0.6) is 0 Å². The molecule has 0 N–H and O–H groups in total. The molecule has 24 heavy (non-hydrogen) atoms. The van der Waals surface area contributed by atoms with Crippen molar-refractivity contribution in [2.75, 3.05) is 10.8 Å². The van der Waals surface area contributed by atoms with Crippen LogP contribution in [0.1, 0.15) is 19.4 Å². The molecule has 0 amide bonds. The van der Waals surface area contributed by atoms with Gasteiger partial charge in [-0.15, -0.1) is 0 Å². The quantitative estimate of drug-likeness (QED) is 0.716. The zero-order chi connectivity index (χ0) is 16.9. The van der Waals surface area contributed by atoms with Crippen LogP contribution in [0.15, 0.2) is 53.9 Å². The Balaban J connectivity index is 1.93. The topological polar surface area (TPSA) is 76.1 Å². The third-order valence-corrected chi connectivity index (χ3v) is 6.13. The van der Waals surface area contributed by atoms with Gasteiger partial charge in [-0.3, -0.25) is 4.98 Å². The van der Waals surface area contributed by atoms with Crippen LogP contribution in [0.25, 0.3) is 10.9 Å². The molecule has 3 heterocycles. The van der Waals surface area contributed by atoms with Crippen molar-refractivity contribution in [2.24, 2.45) is 0 Å². The summed E-state index contributed by atoms with van der Waals surface area (Å²) < 4.78 is 28.0. The van der Waals surface area contributed by atoms with E-state index >= 15 is 0 Å². The molecule has 0 atom stereocenters. The molecule has 122 valence electrons. The first-order valence-corrected chi connectivity index (χ1v) is 9.02. The molecule has 0 fully saturated rings. The largest absolute Gasteiger partial charge is 0.267 e. The minimum absolute atomic E-state index is 0.197. The van der Waals surface area contributed by atoms with Gasteiger partial charge in [-0.05, 0) is 12.1 Å². The van der Waals surface area contributed by atoms with Gasteiger partial charge in [0, 0.05) is 35.3 Å². The van der Waals surface area contributed by atoms with Gasteiger partial charge in [0.25, 0.3) is 10.0 Å². The van der Waals surface area contributed by atoms with Crippen molar-refractivity contribution in [3.63, 3.8) is 0 Å². The highest BCUT2D eigenvalue weighted by Crippen LogP contribution is 2.41. The summed E-state index contributed by atoms with van der Waals surface area (Å²) in [5.74, 6) is 0.447. The summed E-state index contributed by atoms with van der Waals surface area (Å²) in [6.45, 7) is 4.31. The number of aromatic nitrogens is 3. The Morgan fingerprint density at radius 1 is 1.12 bits per heavy atom. The summed E-state index contributed by atoms with van der Waals surface area (Å²) in [6.07, 6.45) is 4.68. The van der Waals surface area contributed by atoms with E-state index in [0.29, 0.717) is 17.9 Å². The minimum Gasteiger partial charge on any atom is -0.255 e. The molecular formula is C17H16N4O2S. The Labute approximate surface area is 140 Å². The third-order valence-electron chi connectivity index (χ3n) is 4.36. The summed E-state index contributed by atoms with van der Waals surface area (Å²) in [5, 5.41) is 0.792. The molecule has 1 aliphatic rings. The summed E-state index contributed by atoms with van der Waals surface area (Å²) in [7, 11) is -3.77. The molecule has 1 aliphatic heterocycles. The molecular weight excluding hydrogens is 324 g/mol. The first kappa shape index (κ1) is 15.0. The first-order chi connectivity index (χ1) is 11.4. The van der Waals surface area contributed by atoms with Crippen LogP contribution in [-0.4, -0.2) is 29.9 Å². The van der Waals surface area contributed by atoms with Gasteiger partial charge in [0.2, 0.25) is 0 Å². The lowest BCUT2D eigenvalue weighted by Crippen LogP contribution is -2.34. The van der Waals surface area contributed by atoms with Gasteiger partial charge in [0.1, 0.15) is 17.0 Å². The second-order valence-corrected chi connectivity index (χ2v) is 8.32. The molecule has 0 spiro atoms. The molecule has 0 saturated carbocycles. The van der Waals surface area contributed by atoms with Crippen LogP contribution in [0.2, 0.25) is 0 Å². The normalized spacial score (nSPS) is 16.3. The van der Waals surface area contributed by atoms with Gasteiger partial charge < -0.3 is 0 Å². The van der Waals surface area contributed by atoms with E-state index in [4.69, 9.17) is 0 Å². The Kier molecular flexibility index (Phi) is 3.11. The van der Waals surface area contributed by atoms with Gasteiger partial charge in [0.05, 0.1) is 5.52 Å². The highest BCUT2D eigenvalue weighted by atomic mass is 32.2. The smallest absolute Gasteiger partial charge is 0.255 e. The van der Waals surface area contributed by atoms with Gasteiger partial charge in [-0.1, -0.05) is 32.0 Å². The van der Waals surface area contributed by atoms with Crippen LogP contribution in [0.4, 0.5) is 5.82 Å². The summed E-state index contributed by atoms with van der Waals surface area (Å²) in [6, 6.07) is 8.83. The van der Waals surface area contributed by atoms with Gasteiger partial charge in [-0.25, -0.2) is 22.7 Å². The van der Waals surface area contributed by atoms with E-state index in [-0.39, 0.29) is 10.3 Å². The fourth-order valence-electron chi connectivity index (χ4n) is 3.12. The number of para-hydroxylation sites is 1. The molecule has 0 bridgehead atoms. The lowest BCUT2D eigenvalue weighted by Gasteiger charge is -2.22. The molecule has 3 aromatic rings. The molecule has 0 saturated heterocycles. The van der Waals surface area contributed by atoms with Gasteiger partial charge >= 0.3 is 0 Å². The second kappa shape index (κ2) is 4.98. The number of anilines is 1. The first-order valence-electron chi connectivity index (χ1n) is 7.58. The highest BCUT2D eigenvalue weighted by molar-refractivity contribution is 7.93. The maximum Gasteiger partial charge on any atom is 0.267 e. The zero-order valence-corrected chi connectivity index (χ0v) is 14.2. The summed E-state index contributed by atoms with van der Waals surface area (Å²) in [4.78, 5) is 12.7. The molecule has 0 unspecified atom stereocenters. The second-order valence-electron chi connectivity index (χ2n) is 6.49. The Hall–Kier alpha value is -2.54. The number of sulfonamides is 1. The maximum absolute atomic E-state index is 13.3. The van der Waals surface area contributed by atoms with Crippen molar-refractivity contribution in [3.05, 3.63) is 54.6 Å². The Morgan fingerprint density at radius 3 is 2.75 bits per heavy atom. The predicted molar refractivity (Wildman–Crippen MR) is 91.3 cm³/mol. The number of benzene rings is 1. The SMILES string of the molecule is CC1(C)CN(S(=O)(=O)c2cccc3cccnc23)c2ncncc21. The van der Waals surface area contributed by atoms with Crippen molar-refractivity contribution in [2.45, 2.75) is 24.2 Å². The predicted octanol–water partition coefficient (Wildman–Crippen LogP) is 2.51. The van der Waals surface area contributed by atoms with Crippen molar-refractivity contribution >= 4 is 26.7 Å². The van der Waals surface area contributed by atoms with Crippen LogP contribution in [-0.2, 0) is 15.4 Å².